The van der Waals surface area contributed by atoms with E-state index in [-0.39, 0.29) is 5.56 Å². The molecule has 0 radical (unpaired) electrons. The van der Waals surface area contributed by atoms with Crippen molar-refractivity contribution in [2.75, 3.05) is 20.2 Å². The van der Waals surface area contributed by atoms with E-state index in [2.05, 4.69) is 11.8 Å². The molecular weight excluding hydrogens is 420 g/mol. The fourth-order valence-electron chi connectivity index (χ4n) is 3.62. The molecule has 0 saturated heterocycles. The van der Waals surface area contributed by atoms with Crippen molar-refractivity contribution < 1.29 is 9.53 Å². The van der Waals surface area contributed by atoms with E-state index in [1.54, 1.807) is 36.0 Å². The molecule has 3 heterocycles. The van der Waals surface area contributed by atoms with Crippen LogP contribution in [0.2, 0.25) is 0 Å². The average molecular weight is 445 g/mol. The van der Waals surface area contributed by atoms with Gasteiger partial charge in [-0.3, -0.25) is 19.1 Å². The summed E-state index contributed by atoms with van der Waals surface area (Å²) in [5, 5.41) is 0.624. The summed E-state index contributed by atoms with van der Waals surface area (Å²) in [4.78, 5) is 34.5. The van der Waals surface area contributed by atoms with Gasteiger partial charge in [-0.15, -0.1) is 11.3 Å². The highest BCUT2D eigenvalue weighted by Gasteiger charge is 2.26. The van der Waals surface area contributed by atoms with Gasteiger partial charge < -0.3 is 10.5 Å². The van der Waals surface area contributed by atoms with Gasteiger partial charge in [0.05, 0.1) is 23.4 Å². The van der Waals surface area contributed by atoms with E-state index >= 15 is 0 Å². The molecule has 1 aromatic carbocycles. The second-order valence-electron chi connectivity index (χ2n) is 7.20. The van der Waals surface area contributed by atoms with E-state index in [9.17, 15) is 9.59 Å². The number of thioether (sulfide) groups is 1. The van der Waals surface area contributed by atoms with Gasteiger partial charge >= 0.3 is 0 Å². The molecule has 2 aromatic heterocycles. The number of carbonyl (C=O) groups is 1. The fraction of sp³-hybridized carbons (Fsp3) is 0.381. The minimum atomic E-state index is -0.517. The van der Waals surface area contributed by atoms with Crippen molar-refractivity contribution in [3.63, 3.8) is 0 Å². The van der Waals surface area contributed by atoms with Crippen molar-refractivity contribution in [1.29, 1.82) is 0 Å². The van der Waals surface area contributed by atoms with Crippen LogP contribution >= 0.6 is 23.1 Å². The van der Waals surface area contributed by atoms with E-state index in [1.807, 2.05) is 18.2 Å². The SMILES string of the molecule is CCN1CCc2c(sc3nc(SC(C)C(N)=O)n(-c4cccc(OC)c4)c(=O)c23)C1. The molecule has 9 heteroatoms. The highest BCUT2D eigenvalue weighted by atomic mass is 32.2. The number of thiophene rings is 1. The first kappa shape index (κ1) is 20.9. The lowest BCUT2D eigenvalue weighted by atomic mass is 10.1. The summed E-state index contributed by atoms with van der Waals surface area (Å²) in [5.41, 5.74) is 7.12. The maximum atomic E-state index is 13.7. The smallest absolute Gasteiger partial charge is 0.267 e. The number of rotatable bonds is 6. The molecule has 0 spiro atoms. The van der Waals surface area contributed by atoms with Gasteiger partial charge in [0, 0.05) is 24.0 Å². The summed E-state index contributed by atoms with van der Waals surface area (Å²) in [6, 6.07) is 7.30. The Morgan fingerprint density at radius 2 is 2.23 bits per heavy atom. The Kier molecular flexibility index (Phi) is 5.86. The highest BCUT2D eigenvalue weighted by molar-refractivity contribution is 8.00. The molecule has 1 aliphatic rings. The second-order valence-corrected chi connectivity index (χ2v) is 9.59. The van der Waals surface area contributed by atoms with Crippen LogP contribution in [0.3, 0.4) is 0 Å². The number of amides is 1. The molecule has 0 bridgehead atoms. The molecule has 1 unspecified atom stereocenters. The number of carbonyl (C=O) groups excluding carboxylic acids is 1. The minimum absolute atomic E-state index is 0.116. The van der Waals surface area contributed by atoms with E-state index in [4.69, 9.17) is 15.5 Å². The Morgan fingerprint density at radius 3 is 2.93 bits per heavy atom. The zero-order valence-electron chi connectivity index (χ0n) is 17.2. The van der Waals surface area contributed by atoms with Gasteiger partial charge in [0.15, 0.2) is 5.16 Å². The number of primary amides is 1. The molecule has 30 heavy (non-hydrogen) atoms. The van der Waals surface area contributed by atoms with E-state index in [0.717, 1.165) is 36.4 Å². The average Bonchev–Trinajstić information content (AvgIpc) is 3.11. The molecule has 3 aromatic rings. The van der Waals surface area contributed by atoms with Crippen LogP contribution in [0.25, 0.3) is 15.9 Å². The molecule has 7 nitrogen and oxygen atoms in total. The van der Waals surface area contributed by atoms with Crippen LogP contribution in [0.4, 0.5) is 0 Å². The molecule has 0 aliphatic carbocycles. The van der Waals surface area contributed by atoms with Crippen molar-refractivity contribution in [1.82, 2.24) is 14.5 Å². The molecule has 4 rings (SSSR count). The first-order valence-corrected chi connectivity index (χ1v) is 11.5. The number of nitrogens with two attached hydrogens (primary N) is 1. The van der Waals surface area contributed by atoms with Gasteiger partial charge in [-0.2, -0.15) is 0 Å². The molecule has 158 valence electrons. The maximum absolute atomic E-state index is 13.7. The van der Waals surface area contributed by atoms with Crippen molar-refractivity contribution in [2.24, 2.45) is 5.73 Å². The first-order chi connectivity index (χ1) is 14.4. The number of ether oxygens (including phenoxy) is 1. The van der Waals surface area contributed by atoms with Crippen LogP contribution in [-0.4, -0.2) is 45.8 Å². The van der Waals surface area contributed by atoms with Crippen molar-refractivity contribution in [3.05, 3.63) is 45.1 Å². The largest absolute Gasteiger partial charge is 0.497 e. The Labute approximate surface area is 182 Å². The van der Waals surface area contributed by atoms with E-state index in [1.165, 1.54) is 16.6 Å². The minimum Gasteiger partial charge on any atom is -0.497 e. The zero-order chi connectivity index (χ0) is 21.4. The summed E-state index contributed by atoms with van der Waals surface area (Å²) in [6.07, 6.45) is 0.836. The fourth-order valence-corrected chi connectivity index (χ4v) is 5.80. The number of aromatic nitrogens is 2. The Balaban J connectivity index is 1.95. The lowest BCUT2D eigenvalue weighted by Gasteiger charge is -2.25. The third-order valence-electron chi connectivity index (χ3n) is 5.36. The van der Waals surface area contributed by atoms with Crippen molar-refractivity contribution >= 4 is 39.2 Å². The van der Waals surface area contributed by atoms with Crippen molar-refractivity contribution in [3.8, 4) is 11.4 Å². The van der Waals surface area contributed by atoms with Crippen LogP contribution in [0.5, 0.6) is 5.75 Å². The first-order valence-electron chi connectivity index (χ1n) is 9.83. The van der Waals surface area contributed by atoms with Crippen LogP contribution in [0.15, 0.2) is 34.2 Å². The van der Waals surface area contributed by atoms with E-state index in [0.29, 0.717) is 22.0 Å². The Morgan fingerprint density at radius 1 is 1.43 bits per heavy atom. The van der Waals surface area contributed by atoms with Gasteiger partial charge in [-0.25, -0.2) is 4.98 Å². The van der Waals surface area contributed by atoms with Crippen LogP contribution in [0.1, 0.15) is 24.3 Å². The summed E-state index contributed by atoms with van der Waals surface area (Å²) < 4.78 is 6.92. The Hall–Kier alpha value is -2.36. The van der Waals surface area contributed by atoms with Crippen LogP contribution in [-0.2, 0) is 17.8 Å². The molecule has 1 aliphatic heterocycles. The van der Waals surface area contributed by atoms with Gasteiger partial charge in [0.1, 0.15) is 10.6 Å². The maximum Gasteiger partial charge on any atom is 0.267 e. The van der Waals surface area contributed by atoms with Gasteiger partial charge in [0.25, 0.3) is 5.56 Å². The van der Waals surface area contributed by atoms with E-state index < -0.39 is 11.2 Å². The number of fused-ring (bicyclic) bond motifs is 3. The number of hydrogen-bond acceptors (Lipinski definition) is 7. The molecule has 2 N–H and O–H groups in total. The summed E-state index contributed by atoms with van der Waals surface area (Å²) >= 11 is 2.77. The topological polar surface area (TPSA) is 90.5 Å². The van der Waals surface area contributed by atoms with Gasteiger partial charge in [-0.1, -0.05) is 24.8 Å². The number of hydrogen-bond donors (Lipinski definition) is 1. The van der Waals surface area contributed by atoms with Crippen molar-refractivity contribution in [2.45, 2.75) is 37.2 Å². The number of nitrogens with zero attached hydrogens (tertiary/aromatic N) is 3. The standard InChI is InChI=1S/C21H24N4O3S2/c1-4-24-9-8-15-16(11-24)30-19-17(15)20(27)25(13-6-5-7-14(10-13)28-3)21(23-19)29-12(2)18(22)26/h5-7,10,12H,4,8-9,11H2,1-3H3,(H2,22,26). The van der Waals surface area contributed by atoms with Crippen LogP contribution in [0, 0.1) is 0 Å². The van der Waals surface area contributed by atoms with Gasteiger partial charge in [0.2, 0.25) is 5.91 Å². The normalized spacial score (nSPS) is 15.2. The molecule has 0 fully saturated rings. The number of benzene rings is 1. The molecule has 1 amide bonds. The summed E-state index contributed by atoms with van der Waals surface area (Å²) in [7, 11) is 1.59. The van der Waals surface area contributed by atoms with Crippen LogP contribution < -0.4 is 16.0 Å². The monoisotopic (exact) mass is 444 g/mol. The third-order valence-corrected chi connectivity index (χ3v) is 7.55. The molecule has 1 atom stereocenters. The molecular formula is C21H24N4O3S2. The summed E-state index contributed by atoms with van der Waals surface area (Å²) in [5.74, 6) is 0.194. The lowest BCUT2D eigenvalue weighted by Crippen LogP contribution is -2.30. The number of methoxy groups -OCH3 is 1. The predicted octanol–water partition coefficient (Wildman–Crippen LogP) is 2.80. The second kappa shape index (κ2) is 8.41. The highest BCUT2D eigenvalue weighted by Crippen LogP contribution is 2.35. The zero-order valence-corrected chi connectivity index (χ0v) is 18.8. The lowest BCUT2D eigenvalue weighted by molar-refractivity contribution is -0.117. The third kappa shape index (κ3) is 3.73. The Bertz CT molecular complexity index is 1170. The summed E-state index contributed by atoms with van der Waals surface area (Å²) in [6.45, 7) is 6.62. The predicted molar refractivity (Wildman–Crippen MR) is 121 cm³/mol. The molecule has 0 saturated carbocycles. The van der Waals surface area contributed by atoms with Gasteiger partial charge in [-0.05, 0) is 37.6 Å². The quantitative estimate of drug-likeness (QED) is 0.464. The number of likely N-dealkylation sites (N-methyl/N-ethyl adjacent to an activating group) is 1.